The second-order valence-corrected chi connectivity index (χ2v) is 10.4. The summed E-state index contributed by atoms with van der Waals surface area (Å²) in [5, 5.41) is 20.2. The number of hydrogen-bond donors (Lipinski definition) is 2. The molecule has 2 N–H and O–H groups in total. The van der Waals surface area contributed by atoms with Gasteiger partial charge in [-0.05, 0) is 88.1 Å². The molecule has 4 heteroatoms. The number of phenols is 1. The number of aromatic hydroxyl groups is 1. The molecule has 0 aliphatic carbocycles. The van der Waals surface area contributed by atoms with E-state index in [0.29, 0.717) is 0 Å². The number of likely N-dealkylation sites (tertiary alicyclic amines) is 1. The average molecular weight is 376 g/mol. The Kier molecular flexibility index (Phi) is 5.74. The topological polar surface area (TPSA) is 60.8 Å². The van der Waals surface area contributed by atoms with Gasteiger partial charge in [0.25, 0.3) is 0 Å². The Balaban J connectivity index is 2.69. The molecule has 27 heavy (non-hydrogen) atoms. The van der Waals surface area contributed by atoms with Crippen molar-refractivity contribution in [1.29, 1.82) is 0 Å². The Morgan fingerprint density at radius 2 is 1.67 bits per heavy atom. The zero-order chi connectivity index (χ0) is 20.8. The first-order valence-corrected chi connectivity index (χ1v) is 10.0. The Morgan fingerprint density at radius 3 is 2.11 bits per heavy atom. The molecule has 1 aliphatic rings. The summed E-state index contributed by atoms with van der Waals surface area (Å²) >= 11 is 0. The van der Waals surface area contributed by atoms with Crippen molar-refractivity contribution in [3.63, 3.8) is 0 Å². The summed E-state index contributed by atoms with van der Waals surface area (Å²) < 4.78 is 0. The lowest BCUT2D eigenvalue weighted by molar-refractivity contribution is -0.141. The Bertz CT molecular complexity index is 697. The van der Waals surface area contributed by atoms with Crippen LogP contribution in [0.5, 0.6) is 5.75 Å². The Labute approximate surface area is 164 Å². The standard InChI is InChI=1S/C23H37NO3/c1-15-12-19(25)17(21(2,3)4)13-16(15)18(14-20(26)27)24-22(5,6)10-9-11-23(24,7)8/h12-13,18,25H,9-11,14H2,1-8H3,(H,26,27). The fourth-order valence-corrected chi connectivity index (χ4v) is 5.03. The van der Waals surface area contributed by atoms with Crippen molar-refractivity contribution in [1.82, 2.24) is 4.90 Å². The van der Waals surface area contributed by atoms with Gasteiger partial charge in [-0.25, -0.2) is 0 Å². The number of hydrogen-bond acceptors (Lipinski definition) is 3. The van der Waals surface area contributed by atoms with Crippen LogP contribution in [-0.4, -0.2) is 32.2 Å². The van der Waals surface area contributed by atoms with E-state index in [-0.39, 0.29) is 34.7 Å². The number of benzene rings is 1. The maximum absolute atomic E-state index is 11.8. The highest BCUT2D eigenvalue weighted by molar-refractivity contribution is 5.68. The van der Waals surface area contributed by atoms with Crippen LogP contribution in [0.15, 0.2) is 12.1 Å². The molecule has 152 valence electrons. The summed E-state index contributed by atoms with van der Waals surface area (Å²) in [7, 11) is 0. The minimum absolute atomic E-state index is 0.0576. The first kappa shape index (κ1) is 21.7. The van der Waals surface area contributed by atoms with Gasteiger partial charge in [0.1, 0.15) is 5.75 Å². The Morgan fingerprint density at radius 1 is 1.15 bits per heavy atom. The van der Waals surface area contributed by atoms with E-state index in [4.69, 9.17) is 0 Å². The smallest absolute Gasteiger partial charge is 0.305 e. The van der Waals surface area contributed by atoms with Gasteiger partial charge in [-0.2, -0.15) is 0 Å². The maximum atomic E-state index is 11.8. The van der Waals surface area contributed by atoms with Crippen LogP contribution in [0.4, 0.5) is 0 Å². The number of aliphatic carboxylic acids is 1. The van der Waals surface area contributed by atoms with E-state index < -0.39 is 5.97 Å². The molecule has 1 aromatic rings. The Hall–Kier alpha value is -1.55. The highest BCUT2D eigenvalue weighted by atomic mass is 16.4. The minimum Gasteiger partial charge on any atom is -0.508 e. The normalized spacial score (nSPS) is 21.0. The predicted octanol–water partition coefficient (Wildman–Crippen LogP) is 5.56. The van der Waals surface area contributed by atoms with Crippen molar-refractivity contribution in [2.45, 2.75) is 104 Å². The molecule has 0 bridgehead atoms. The van der Waals surface area contributed by atoms with Gasteiger partial charge in [0, 0.05) is 17.1 Å². The largest absolute Gasteiger partial charge is 0.508 e. The van der Waals surface area contributed by atoms with Crippen LogP contribution in [0, 0.1) is 6.92 Å². The van der Waals surface area contributed by atoms with E-state index in [1.54, 1.807) is 6.07 Å². The van der Waals surface area contributed by atoms with E-state index in [9.17, 15) is 15.0 Å². The summed E-state index contributed by atoms with van der Waals surface area (Å²) in [5.74, 6) is -0.503. The first-order valence-electron chi connectivity index (χ1n) is 10.0. The van der Waals surface area contributed by atoms with Crippen LogP contribution in [-0.2, 0) is 10.2 Å². The van der Waals surface area contributed by atoms with E-state index in [1.807, 2.05) is 13.0 Å². The zero-order valence-electron chi connectivity index (χ0n) is 18.3. The number of phenolic OH excluding ortho intramolecular Hbond substituents is 1. The van der Waals surface area contributed by atoms with E-state index in [2.05, 4.69) is 53.4 Å². The lowest BCUT2D eigenvalue weighted by Crippen LogP contribution is -2.60. The van der Waals surface area contributed by atoms with Crippen molar-refractivity contribution in [3.8, 4) is 5.75 Å². The fraction of sp³-hybridized carbons (Fsp3) is 0.696. The molecule has 0 aromatic heterocycles. The summed E-state index contributed by atoms with van der Waals surface area (Å²) in [6.45, 7) is 17.1. The first-order chi connectivity index (χ1) is 12.2. The minimum atomic E-state index is -0.790. The van der Waals surface area contributed by atoms with Gasteiger partial charge < -0.3 is 10.2 Å². The zero-order valence-corrected chi connectivity index (χ0v) is 18.3. The molecular formula is C23H37NO3. The van der Waals surface area contributed by atoms with E-state index >= 15 is 0 Å². The molecule has 1 aromatic carbocycles. The second kappa shape index (κ2) is 7.12. The van der Waals surface area contributed by atoms with Crippen LogP contribution in [0.2, 0.25) is 0 Å². The third-order valence-electron chi connectivity index (χ3n) is 6.11. The highest BCUT2D eigenvalue weighted by Gasteiger charge is 2.46. The van der Waals surface area contributed by atoms with Crippen molar-refractivity contribution >= 4 is 5.97 Å². The second-order valence-electron chi connectivity index (χ2n) is 10.4. The SMILES string of the molecule is Cc1cc(O)c(C(C)(C)C)cc1C(CC(=O)O)N1C(C)(C)CCCC1(C)C. The fourth-order valence-electron chi connectivity index (χ4n) is 5.03. The molecule has 2 rings (SSSR count). The highest BCUT2D eigenvalue weighted by Crippen LogP contribution is 2.47. The van der Waals surface area contributed by atoms with Crippen LogP contribution in [0.3, 0.4) is 0 Å². The summed E-state index contributed by atoms with van der Waals surface area (Å²) in [6, 6.07) is 3.61. The lowest BCUT2D eigenvalue weighted by Gasteiger charge is -2.56. The van der Waals surface area contributed by atoms with Gasteiger partial charge >= 0.3 is 5.97 Å². The van der Waals surface area contributed by atoms with Gasteiger partial charge in [0.05, 0.1) is 6.42 Å². The molecule has 0 amide bonds. The lowest BCUT2D eigenvalue weighted by atomic mass is 9.76. The molecule has 0 saturated carbocycles. The molecule has 0 spiro atoms. The molecular weight excluding hydrogens is 338 g/mol. The molecule has 1 heterocycles. The average Bonchev–Trinajstić information content (AvgIpc) is 2.42. The van der Waals surface area contributed by atoms with Crippen molar-refractivity contribution in [3.05, 3.63) is 28.8 Å². The molecule has 1 atom stereocenters. The number of nitrogens with zero attached hydrogens (tertiary/aromatic N) is 1. The molecule has 4 nitrogen and oxygen atoms in total. The molecule has 1 aliphatic heterocycles. The maximum Gasteiger partial charge on any atom is 0.305 e. The summed E-state index contributed by atoms with van der Waals surface area (Å²) in [4.78, 5) is 14.3. The van der Waals surface area contributed by atoms with E-state index in [1.165, 1.54) is 0 Å². The number of piperidine rings is 1. The molecule has 1 unspecified atom stereocenters. The molecule has 1 saturated heterocycles. The predicted molar refractivity (Wildman–Crippen MR) is 110 cm³/mol. The van der Waals surface area contributed by atoms with Crippen LogP contribution in [0.1, 0.15) is 96.9 Å². The molecule has 1 fully saturated rings. The number of carboxylic acid groups (broad SMARTS) is 1. The van der Waals surface area contributed by atoms with Gasteiger partial charge in [-0.15, -0.1) is 0 Å². The summed E-state index contributed by atoms with van der Waals surface area (Å²) in [6.07, 6.45) is 3.31. The quantitative estimate of drug-likeness (QED) is 0.723. The van der Waals surface area contributed by atoms with Crippen LogP contribution < -0.4 is 0 Å². The monoisotopic (exact) mass is 375 g/mol. The van der Waals surface area contributed by atoms with Crippen LogP contribution >= 0.6 is 0 Å². The molecule has 0 radical (unpaired) electrons. The van der Waals surface area contributed by atoms with Crippen molar-refractivity contribution in [2.24, 2.45) is 0 Å². The van der Waals surface area contributed by atoms with Gasteiger partial charge in [0.15, 0.2) is 0 Å². The third kappa shape index (κ3) is 4.48. The van der Waals surface area contributed by atoms with E-state index in [0.717, 1.165) is 36.0 Å². The van der Waals surface area contributed by atoms with Gasteiger partial charge in [0.2, 0.25) is 0 Å². The summed E-state index contributed by atoms with van der Waals surface area (Å²) in [5.41, 5.74) is 2.44. The van der Waals surface area contributed by atoms with Crippen molar-refractivity contribution < 1.29 is 15.0 Å². The van der Waals surface area contributed by atoms with Gasteiger partial charge in [-0.3, -0.25) is 9.69 Å². The van der Waals surface area contributed by atoms with Gasteiger partial charge in [-0.1, -0.05) is 20.8 Å². The van der Waals surface area contributed by atoms with Crippen molar-refractivity contribution in [2.75, 3.05) is 0 Å². The number of aryl methyl sites for hydroxylation is 1. The number of rotatable bonds is 4. The number of carboxylic acids is 1. The third-order valence-corrected chi connectivity index (χ3v) is 6.11. The van der Waals surface area contributed by atoms with Crippen LogP contribution in [0.25, 0.3) is 0 Å². The number of carbonyl (C=O) groups is 1.